The van der Waals surface area contributed by atoms with E-state index in [1.165, 1.54) is 11.2 Å². The number of nitrogens with one attached hydrogen (secondary N) is 4. The van der Waals surface area contributed by atoms with Gasteiger partial charge in [0.15, 0.2) is 5.69 Å². The number of nitrogens with zero attached hydrogens (tertiary/aromatic N) is 3. The number of benzene rings is 2. The fourth-order valence-corrected chi connectivity index (χ4v) is 3.67. The first kappa shape index (κ1) is 23.5. The van der Waals surface area contributed by atoms with Crippen molar-refractivity contribution in [1.29, 1.82) is 0 Å². The Balaban J connectivity index is 1.56. The maximum atomic E-state index is 13.0. The smallest absolute Gasteiger partial charge is 0.412 e. The van der Waals surface area contributed by atoms with Crippen LogP contribution in [0.25, 0.3) is 11.0 Å². The van der Waals surface area contributed by atoms with Gasteiger partial charge in [-0.1, -0.05) is 18.2 Å². The number of aromatic amines is 2. The van der Waals surface area contributed by atoms with Crippen molar-refractivity contribution in [1.82, 2.24) is 19.9 Å². The van der Waals surface area contributed by atoms with Crippen molar-refractivity contribution >= 4 is 46.3 Å². The molecule has 0 aliphatic carbocycles. The van der Waals surface area contributed by atoms with Crippen LogP contribution in [0.2, 0.25) is 0 Å². The molecule has 2 aromatic heterocycles. The van der Waals surface area contributed by atoms with Gasteiger partial charge in [-0.25, -0.2) is 14.8 Å². The van der Waals surface area contributed by atoms with E-state index < -0.39 is 23.4 Å². The number of carbonyl (C=O) groups excluding carboxylic acids is 2. The molecular formula is C24H25N7O4. The van der Waals surface area contributed by atoms with Gasteiger partial charge >= 0.3 is 6.09 Å². The molecule has 11 heteroatoms. The number of carbonyl (C=O) groups is 3. The summed E-state index contributed by atoms with van der Waals surface area (Å²) in [5.74, 6) is -0.988. The lowest BCUT2D eigenvalue weighted by Crippen LogP contribution is -2.45. The highest BCUT2D eigenvalue weighted by Gasteiger charge is 2.28. The molecule has 4 rings (SSSR count). The first-order valence-corrected chi connectivity index (χ1v) is 10.8. The number of rotatable bonds is 5. The van der Waals surface area contributed by atoms with E-state index in [2.05, 4.69) is 30.6 Å². The van der Waals surface area contributed by atoms with Crippen LogP contribution in [0.3, 0.4) is 0 Å². The Bertz CT molecular complexity index is 1400. The summed E-state index contributed by atoms with van der Waals surface area (Å²) in [7, 11) is 0. The fourth-order valence-electron chi connectivity index (χ4n) is 3.67. The molecule has 2 aromatic carbocycles. The van der Waals surface area contributed by atoms with Crippen LogP contribution in [-0.4, -0.2) is 48.5 Å². The summed E-state index contributed by atoms with van der Waals surface area (Å²) in [6, 6.07) is 12.3. The van der Waals surface area contributed by atoms with Crippen LogP contribution in [0.5, 0.6) is 0 Å². The van der Waals surface area contributed by atoms with Crippen LogP contribution in [0, 0.1) is 6.92 Å². The van der Waals surface area contributed by atoms with Gasteiger partial charge in [-0.15, -0.1) is 0 Å². The minimum Gasteiger partial charge on any atom is -0.465 e. The molecule has 0 spiro atoms. The highest BCUT2D eigenvalue weighted by Crippen LogP contribution is 2.29. The van der Waals surface area contributed by atoms with E-state index in [4.69, 9.17) is 0 Å². The second-order valence-corrected chi connectivity index (χ2v) is 8.92. The molecule has 0 saturated heterocycles. The van der Waals surface area contributed by atoms with Crippen molar-refractivity contribution < 1.29 is 19.5 Å². The van der Waals surface area contributed by atoms with Crippen molar-refractivity contribution in [3.63, 3.8) is 0 Å². The number of aryl methyl sites for hydroxylation is 1. The van der Waals surface area contributed by atoms with Crippen molar-refractivity contribution in [3.05, 3.63) is 65.7 Å². The molecule has 0 aliphatic heterocycles. The van der Waals surface area contributed by atoms with Crippen LogP contribution in [-0.2, 0) is 0 Å². The van der Waals surface area contributed by atoms with Crippen LogP contribution in [0.15, 0.2) is 48.8 Å². The molecule has 4 aromatic rings. The molecule has 5 N–H and O–H groups in total. The van der Waals surface area contributed by atoms with Gasteiger partial charge in [-0.05, 0) is 57.5 Å². The zero-order chi connectivity index (χ0) is 25.3. The van der Waals surface area contributed by atoms with Gasteiger partial charge in [-0.2, -0.15) is 0 Å². The average molecular weight is 476 g/mol. The summed E-state index contributed by atoms with van der Waals surface area (Å²) in [6.45, 7) is 7.10. The Kier molecular flexibility index (Phi) is 6.00. The van der Waals surface area contributed by atoms with Crippen molar-refractivity contribution in [3.8, 4) is 0 Å². The molecular weight excluding hydrogens is 450 g/mol. The van der Waals surface area contributed by atoms with Gasteiger partial charge in [-0.3, -0.25) is 19.8 Å². The molecule has 0 unspecified atom stereocenters. The first-order chi connectivity index (χ1) is 16.5. The summed E-state index contributed by atoms with van der Waals surface area (Å²) < 4.78 is 0. The number of anilines is 3. The molecule has 11 nitrogen and oxygen atoms in total. The summed E-state index contributed by atoms with van der Waals surface area (Å²) in [6.07, 6.45) is 0.132. The summed E-state index contributed by atoms with van der Waals surface area (Å²) in [5.41, 5.74) is 2.09. The van der Waals surface area contributed by atoms with Crippen LogP contribution in [0.4, 0.5) is 22.1 Å². The minimum atomic E-state index is -1.12. The molecule has 3 amide bonds. The van der Waals surface area contributed by atoms with E-state index in [0.717, 1.165) is 5.52 Å². The van der Waals surface area contributed by atoms with Crippen molar-refractivity contribution in [2.75, 3.05) is 15.5 Å². The third kappa shape index (κ3) is 4.83. The van der Waals surface area contributed by atoms with Crippen LogP contribution >= 0.6 is 0 Å². The molecule has 0 atom stereocenters. The maximum absolute atomic E-state index is 13.0. The zero-order valence-corrected chi connectivity index (χ0v) is 19.6. The quantitative estimate of drug-likeness (QED) is 0.288. The SMILES string of the molecule is Cc1ccc(N(C(=O)O)C(C)(C)C)cc1NC(=O)c1nc[nH]c1C(=O)Nc1nc2ccccc2[nH]1. The number of hydrogen-bond acceptors (Lipinski definition) is 5. The standard InChI is InChI=1S/C24H25N7O4/c1-13-9-10-14(31(23(34)35)24(2,3)4)11-17(13)27-20(32)18-19(26-12-25-18)21(33)30-22-28-15-7-5-6-8-16(15)29-22/h5-12H,1-4H3,(H,25,26)(H,27,32)(H,34,35)(H2,28,29,30,33). The topological polar surface area (TPSA) is 156 Å². The van der Waals surface area contributed by atoms with E-state index in [1.807, 2.05) is 18.2 Å². The first-order valence-electron chi connectivity index (χ1n) is 10.8. The number of para-hydroxylation sites is 2. The number of H-pyrrole nitrogens is 2. The number of aromatic nitrogens is 4. The van der Waals surface area contributed by atoms with Crippen molar-refractivity contribution in [2.24, 2.45) is 0 Å². The number of amides is 3. The third-order valence-corrected chi connectivity index (χ3v) is 5.29. The molecule has 0 saturated carbocycles. The largest absolute Gasteiger partial charge is 0.465 e. The highest BCUT2D eigenvalue weighted by atomic mass is 16.4. The monoisotopic (exact) mass is 475 g/mol. The Labute approximate surface area is 200 Å². The van der Waals surface area contributed by atoms with E-state index in [1.54, 1.807) is 52.0 Å². The molecule has 180 valence electrons. The molecule has 0 bridgehead atoms. The Hall–Kier alpha value is -4.67. The maximum Gasteiger partial charge on any atom is 0.412 e. The molecule has 35 heavy (non-hydrogen) atoms. The lowest BCUT2D eigenvalue weighted by atomic mass is 10.0. The normalized spacial score (nSPS) is 11.3. The molecule has 2 heterocycles. The summed E-state index contributed by atoms with van der Waals surface area (Å²) >= 11 is 0. The number of fused-ring (bicyclic) bond motifs is 1. The fraction of sp³-hybridized carbons (Fsp3) is 0.208. The predicted octanol–water partition coefficient (Wildman–Crippen LogP) is 4.38. The van der Waals surface area contributed by atoms with E-state index in [9.17, 15) is 19.5 Å². The Morgan fingerprint density at radius 3 is 2.46 bits per heavy atom. The van der Waals surface area contributed by atoms with Gasteiger partial charge in [0.25, 0.3) is 11.8 Å². The van der Waals surface area contributed by atoms with Gasteiger partial charge in [0, 0.05) is 16.9 Å². The Morgan fingerprint density at radius 2 is 1.77 bits per heavy atom. The average Bonchev–Trinajstić information content (AvgIpc) is 3.41. The van der Waals surface area contributed by atoms with Gasteiger partial charge in [0.1, 0.15) is 5.69 Å². The molecule has 0 aliphatic rings. The van der Waals surface area contributed by atoms with E-state index in [0.29, 0.717) is 22.5 Å². The lowest BCUT2D eigenvalue weighted by molar-refractivity contribution is 0.0985. The summed E-state index contributed by atoms with van der Waals surface area (Å²) in [5, 5.41) is 15.1. The predicted molar refractivity (Wildman–Crippen MR) is 132 cm³/mol. The van der Waals surface area contributed by atoms with Crippen molar-refractivity contribution in [2.45, 2.75) is 33.2 Å². The lowest BCUT2D eigenvalue weighted by Gasteiger charge is -2.33. The van der Waals surface area contributed by atoms with Gasteiger partial charge in [0.05, 0.1) is 17.4 Å². The number of imidazole rings is 2. The molecule has 0 fully saturated rings. The minimum absolute atomic E-state index is 0.0429. The second kappa shape index (κ2) is 8.93. The molecule has 0 radical (unpaired) electrons. The van der Waals surface area contributed by atoms with E-state index in [-0.39, 0.29) is 17.3 Å². The van der Waals surface area contributed by atoms with Crippen LogP contribution < -0.4 is 15.5 Å². The van der Waals surface area contributed by atoms with Crippen LogP contribution in [0.1, 0.15) is 47.3 Å². The second-order valence-electron chi connectivity index (χ2n) is 8.92. The Morgan fingerprint density at radius 1 is 1.03 bits per heavy atom. The number of carboxylic acid groups (broad SMARTS) is 1. The van der Waals surface area contributed by atoms with E-state index >= 15 is 0 Å². The third-order valence-electron chi connectivity index (χ3n) is 5.29. The zero-order valence-electron chi connectivity index (χ0n) is 19.6. The van der Waals surface area contributed by atoms with Gasteiger partial charge < -0.3 is 20.4 Å². The highest BCUT2D eigenvalue weighted by molar-refractivity contribution is 6.13. The van der Waals surface area contributed by atoms with Gasteiger partial charge in [0.2, 0.25) is 5.95 Å². The summed E-state index contributed by atoms with van der Waals surface area (Å²) in [4.78, 5) is 52.9. The number of hydrogen-bond donors (Lipinski definition) is 5.